The van der Waals surface area contributed by atoms with Gasteiger partial charge in [-0.25, -0.2) is 4.98 Å². The molecule has 29 heavy (non-hydrogen) atoms. The Morgan fingerprint density at radius 2 is 1.90 bits per heavy atom. The first kappa shape index (κ1) is 17.6. The van der Waals surface area contributed by atoms with E-state index in [1.807, 2.05) is 24.5 Å². The number of anilines is 1. The molecule has 4 aromatic rings. The number of hydrogen-bond donors (Lipinski definition) is 2. The molecule has 1 aliphatic carbocycles. The van der Waals surface area contributed by atoms with Crippen LogP contribution in [0.2, 0.25) is 0 Å². The van der Waals surface area contributed by atoms with E-state index in [9.17, 15) is 4.79 Å². The lowest BCUT2D eigenvalue weighted by Gasteiger charge is -2.23. The molecule has 4 N–H and O–H groups in total. The van der Waals surface area contributed by atoms with Crippen molar-refractivity contribution < 1.29 is 4.79 Å². The monoisotopic (exact) mass is 386 g/mol. The van der Waals surface area contributed by atoms with Crippen molar-refractivity contribution in [2.45, 2.75) is 38.1 Å². The van der Waals surface area contributed by atoms with Gasteiger partial charge in [0.15, 0.2) is 5.69 Å². The minimum Gasteiger partial charge on any atom is -0.396 e. The van der Waals surface area contributed by atoms with E-state index in [-0.39, 0.29) is 11.4 Å². The van der Waals surface area contributed by atoms with Crippen LogP contribution in [-0.2, 0) is 0 Å². The van der Waals surface area contributed by atoms with Gasteiger partial charge in [-0.3, -0.25) is 4.79 Å². The van der Waals surface area contributed by atoms with Crippen molar-refractivity contribution in [2.24, 2.45) is 5.73 Å². The van der Waals surface area contributed by atoms with Crippen LogP contribution in [-0.4, -0.2) is 25.7 Å². The molecule has 0 radical (unpaired) electrons. The van der Waals surface area contributed by atoms with E-state index < -0.39 is 5.91 Å². The summed E-state index contributed by atoms with van der Waals surface area (Å²) in [5, 5.41) is 8.86. The van der Waals surface area contributed by atoms with Crippen LogP contribution >= 0.6 is 0 Å². The van der Waals surface area contributed by atoms with E-state index in [2.05, 4.69) is 37.9 Å². The first-order valence-corrected chi connectivity index (χ1v) is 9.95. The van der Waals surface area contributed by atoms with Gasteiger partial charge in [-0.2, -0.15) is 0 Å². The lowest BCUT2D eigenvalue weighted by Crippen LogP contribution is -2.16. The summed E-state index contributed by atoms with van der Waals surface area (Å²) in [4.78, 5) is 16.2. The zero-order valence-electron chi connectivity index (χ0n) is 16.0. The largest absolute Gasteiger partial charge is 0.396 e. The number of aromatic nitrogens is 4. The number of primary amides is 1. The summed E-state index contributed by atoms with van der Waals surface area (Å²) < 4.78 is 2.32. The van der Waals surface area contributed by atoms with E-state index in [1.54, 1.807) is 0 Å². The second-order valence-electron chi connectivity index (χ2n) is 7.68. The highest BCUT2D eigenvalue weighted by Gasteiger charge is 2.19. The van der Waals surface area contributed by atoms with Crippen molar-refractivity contribution in [3.05, 3.63) is 48.4 Å². The van der Waals surface area contributed by atoms with Gasteiger partial charge in [0.05, 0.1) is 23.0 Å². The predicted molar refractivity (Wildman–Crippen MR) is 113 cm³/mol. The quantitative estimate of drug-likeness (QED) is 0.555. The van der Waals surface area contributed by atoms with Crippen LogP contribution < -0.4 is 11.5 Å². The van der Waals surface area contributed by atoms with Crippen LogP contribution in [0.5, 0.6) is 0 Å². The average Bonchev–Trinajstić information content (AvgIpc) is 3.17. The van der Waals surface area contributed by atoms with Crippen LogP contribution in [0.4, 0.5) is 5.69 Å². The lowest BCUT2D eigenvalue weighted by atomic mass is 9.95. The molecule has 1 saturated carbocycles. The summed E-state index contributed by atoms with van der Waals surface area (Å²) in [7, 11) is 0. The summed E-state index contributed by atoms with van der Waals surface area (Å²) in [5.74, 6) is -0.683. The van der Waals surface area contributed by atoms with Gasteiger partial charge in [0.1, 0.15) is 5.52 Å². The summed E-state index contributed by atoms with van der Waals surface area (Å²) in [6, 6.07) is 12.5. The van der Waals surface area contributed by atoms with Crippen molar-refractivity contribution in [2.75, 3.05) is 5.73 Å². The van der Waals surface area contributed by atoms with Gasteiger partial charge in [0.2, 0.25) is 0 Å². The van der Waals surface area contributed by atoms with Crippen LogP contribution in [0.25, 0.3) is 33.1 Å². The summed E-state index contributed by atoms with van der Waals surface area (Å²) in [5.41, 5.74) is 16.4. The molecule has 7 heteroatoms. The van der Waals surface area contributed by atoms with Gasteiger partial charge in [-0.15, -0.1) is 10.2 Å². The zero-order chi connectivity index (χ0) is 20.0. The topological polar surface area (TPSA) is 113 Å². The van der Waals surface area contributed by atoms with Gasteiger partial charge in [-0.1, -0.05) is 43.5 Å². The molecular weight excluding hydrogens is 364 g/mol. The summed E-state index contributed by atoms with van der Waals surface area (Å²) in [6.45, 7) is 0. The third-order valence-electron chi connectivity index (χ3n) is 5.92. The highest BCUT2D eigenvalue weighted by atomic mass is 16.1. The maximum absolute atomic E-state index is 11.5. The normalized spacial score (nSPS) is 15.2. The third kappa shape index (κ3) is 2.90. The van der Waals surface area contributed by atoms with Gasteiger partial charge < -0.3 is 16.0 Å². The number of nitrogens with zero attached hydrogens (tertiary/aromatic N) is 4. The molecule has 1 aliphatic rings. The van der Waals surface area contributed by atoms with E-state index in [0.717, 1.165) is 22.2 Å². The molecule has 7 nitrogen and oxygen atoms in total. The highest BCUT2D eigenvalue weighted by Crippen LogP contribution is 2.34. The van der Waals surface area contributed by atoms with Crippen molar-refractivity contribution in [1.29, 1.82) is 0 Å². The molecule has 2 aromatic carbocycles. The van der Waals surface area contributed by atoms with Crippen LogP contribution in [0.3, 0.4) is 0 Å². The predicted octanol–water partition coefficient (Wildman–Crippen LogP) is 3.83. The molecule has 0 saturated heterocycles. The average molecular weight is 386 g/mol. The van der Waals surface area contributed by atoms with E-state index in [1.165, 1.54) is 32.1 Å². The minimum absolute atomic E-state index is 0.00340. The number of benzene rings is 2. The van der Waals surface area contributed by atoms with Gasteiger partial charge >= 0.3 is 0 Å². The molecule has 2 aromatic heterocycles. The minimum atomic E-state index is -0.683. The smallest absolute Gasteiger partial charge is 0.271 e. The van der Waals surface area contributed by atoms with Crippen molar-refractivity contribution in [3.63, 3.8) is 0 Å². The Balaban J connectivity index is 1.61. The molecule has 0 unspecified atom stereocenters. The Hall–Kier alpha value is -3.48. The molecular formula is C22H22N6O. The van der Waals surface area contributed by atoms with Crippen LogP contribution in [0.1, 0.15) is 48.6 Å². The number of rotatable bonds is 3. The number of fused-ring (bicyclic) bond motifs is 2. The fourth-order valence-corrected chi connectivity index (χ4v) is 4.41. The van der Waals surface area contributed by atoms with E-state index >= 15 is 0 Å². The zero-order valence-corrected chi connectivity index (χ0v) is 16.0. The van der Waals surface area contributed by atoms with Gasteiger partial charge in [0, 0.05) is 17.0 Å². The van der Waals surface area contributed by atoms with Crippen LogP contribution in [0.15, 0.2) is 42.7 Å². The number of nitrogens with two attached hydrogens (primary N) is 2. The Morgan fingerprint density at radius 1 is 1.07 bits per heavy atom. The van der Waals surface area contributed by atoms with Crippen molar-refractivity contribution in [1.82, 2.24) is 19.7 Å². The third-order valence-corrected chi connectivity index (χ3v) is 5.92. The molecule has 2 heterocycles. The second-order valence-corrected chi connectivity index (χ2v) is 7.68. The number of imidazole rings is 1. The Bertz CT molecular complexity index is 1240. The molecule has 1 amide bonds. The molecule has 5 rings (SSSR count). The lowest BCUT2D eigenvalue weighted by molar-refractivity contribution is 0.0996. The number of nitrogen functional groups attached to an aromatic ring is 1. The Kier molecular flexibility index (Phi) is 4.16. The van der Waals surface area contributed by atoms with E-state index in [4.69, 9.17) is 11.5 Å². The Labute approximate surface area is 167 Å². The fraction of sp³-hybridized carbons (Fsp3) is 0.273. The van der Waals surface area contributed by atoms with Crippen LogP contribution in [0, 0.1) is 0 Å². The maximum atomic E-state index is 11.5. The number of amides is 1. The standard InChI is InChI=1S/C22H22N6O/c23-19-16-8-4-7-15(20(16)26-27-21(19)22(24)29)13-9-10-18-17(11-13)25-12-28(18)14-5-2-1-3-6-14/h4,7-12,14H,1-3,5-6H2,(H2,23,26)(H2,24,29). The second kappa shape index (κ2) is 6.84. The van der Waals surface area contributed by atoms with Gasteiger partial charge in [-0.05, 0) is 30.5 Å². The highest BCUT2D eigenvalue weighted by molar-refractivity contribution is 6.07. The SMILES string of the molecule is NC(=O)c1nnc2c(-c3ccc4c(c3)ncn4C3CCCCC3)cccc2c1N. The van der Waals surface area contributed by atoms with Gasteiger partial charge in [0.25, 0.3) is 5.91 Å². The number of carbonyl (C=O) groups is 1. The first-order valence-electron chi connectivity index (χ1n) is 9.95. The Morgan fingerprint density at radius 3 is 2.69 bits per heavy atom. The molecule has 0 bridgehead atoms. The van der Waals surface area contributed by atoms with Crippen molar-refractivity contribution >= 4 is 33.5 Å². The number of hydrogen-bond acceptors (Lipinski definition) is 5. The fourth-order valence-electron chi connectivity index (χ4n) is 4.41. The molecule has 0 aliphatic heterocycles. The van der Waals surface area contributed by atoms with E-state index in [0.29, 0.717) is 16.9 Å². The maximum Gasteiger partial charge on any atom is 0.271 e. The summed E-state index contributed by atoms with van der Waals surface area (Å²) in [6.07, 6.45) is 8.29. The molecule has 0 spiro atoms. The molecule has 0 atom stereocenters. The molecule has 1 fully saturated rings. The number of carbonyl (C=O) groups excluding carboxylic acids is 1. The summed E-state index contributed by atoms with van der Waals surface area (Å²) >= 11 is 0. The van der Waals surface area contributed by atoms with Crippen molar-refractivity contribution in [3.8, 4) is 11.1 Å². The first-order chi connectivity index (χ1) is 14.1. The molecule has 146 valence electrons.